The minimum absolute atomic E-state index is 0.261. The van der Waals surface area contributed by atoms with Crippen molar-refractivity contribution in [3.8, 4) is 17.2 Å². The lowest BCUT2D eigenvalue weighted by Crippen LogP contribution is -2.12. The number of rotatable bonds is 6. The van der Waals surface area contributed by atoms with E-state index in [4.69, 9.17) is 14.2 Å². The molecule has 0 aromatic heterocycles. The molecule has 5 nitrogen and oxygen atoms in total. The minimum atomic E-state index is -0.261. The minimum Gasteiger partial charge on any atom is -0.495 e. The van der Waals surface area contributed by atoms with Crippen LogP contribution in [0.5, 0.6) is 17.2 Å². The third-order valence-electron chi connectivity index (χ3n) is 3.11. The van der Waals surface area contributed by atoms with Crippen molar-refractivity contribution in [1.29, 1.82) is 0 Å². The van der Waals surface area contributed by atoms with Crippen molar-refractivity contribution >= 4 is 27.5 Å². The van der Waals surface area contributed by atoms with Gasteiger partial charge in [0, 0.05) is 17.3 Å². The predicted octanol–water partition coefficient (Wildman–Crippen LogP) is 4.12. The molecule has 6 heteroatoms. The fraction of sp³-hybridized carbons (Fsp3) is 0.235. The van der Waals surface area contributed by atoms with Crippen molar-refractivity contribution in [2.45, 2.75) is 6.92 Å². The Bertz CT molecular complexity index is 678. The smallest absolute Gasteiger partial charge is 0.255 e. The van der Waals surface area contributed by atoms with E-state index in [1.807, 2.05) is 19.1 Å². The van der Waals surface area contributed by atoms with E-state index in [-0.39, 0.29) is 5.91 Å². The van der Waals surface area contributed by atoms with Crippen molar-refractivity contribution in [3.05, 3.63) is 46.4 Å². The van der Waals surface area contributed by atoms with Crippen LogP contribution in [0.2, 0.25) is 0 Å². The van der Waals surface area contributed by atoms with Crippen LogP contribution in [0.4, 0.5) is 5.69 Å². The maximum atomic E-state index is 12.5. The summed E-state index contributed by atoms with van der Waals surface area (Å²) in [5.74, 6) is 1.49. The second kappa shape index (κ2) is 7.87. The average molecular weight is 380 g/mol. The lowest BCUT2D eigenvalue weighted by atomic mass is 10.1. The van der Waals surface area contributed by atoms with Crippen molar-refractivity contribution in [1.82, 2.24) is 0 Å². The Morgan fingerprint density at radius 2 is 1.78 bits per heavy atom. The Morgan fingerprint density at radius 3 is 2.35 bits per heavy atom. The zero-order valence-corrected chi connectivity index (χ0v) is 14.8. The SMILES string of the molecule is CCOc1cccc(NC(=O)c2cc(OC)c(Br)c(OC)c2)c1. The molecule has 0 unspecified atom stereocenters. The molecule has 0 spiro atoms. The topological polar surface area (TPSA) is 56.8 Å². The van der Waals surface area contributed by atoms with Crippen molar-refractivity contribution in [2.75, 3.05) is 26.1 Å². The zero-order valence-electron chi connectivity index (χ0n) is 13.2. The van der Waals surface area contributed by atoms with Gasteiger partial charge in [-0.25, -0.2) is 0 Å². The van der Waals surface area contributed by atoms with Gasteiger partial charge >= 0.3 is 0 Å². The number of hydrogen-bond acceptors (Lipinski definition) is 4. The molecule has 0 bridgehead atoms. The lowest BCUT2D eigenvalue weighted by molar-refractivity contribution is 0.102. The van der Waals surface area contributed by atoms with Crippen LogP contribution in [0, 0.1) is 0 Å². The number of halogens is 1. The first-order chi connectivity index (χ1) is 11.1. The zero-order chi connectivity index (χ0) is 16.8. The van der Waals surface area contributed by atoms with Crippen molar-refractivity contribution < 1.29 is 19.0 Å². The molecular weight excluding hydrogens is 362 g/mol. The van der Waals surface area contributed by atoms with Gasteiger partial charge in [-0.05, 0) is 47.1 Å². The van der Waals surface area contributed by atoms with Gasteiger partial charge in [0.1, 0.15) is 21.7 Å². The quantitative estimate of drug-likeness (QED) is 0.819. The monoisotopic (exact) mass is 379 g/mol. The van der Waals surface area contributed by atoms with Crippen LogP contribution in [0.1, 0.15) is 17.3 Å². The van der Waals surface area contributed by atoms with E-state index in [0.29, 0.717) is 39.6 Å². The molecule has 122 valence electrons. The summed E-state index contributed by atoms with van der Waals surface area (Å²) < 4.78 is 16.6. The van der Waals surface area contributed by atoms with E-state index in [9.17, 15) is 4.79 Å². The highest BCUT2D eigenvalue weighted by Crippen LogP contribution is 2.35. The molecule has 1 amide bonds. The first-order valence-electron chi connectivity index (χ1n) is 7.04. The highest BCUT2D eigenvalue weighted by Gasteiger charge is 2.15. The van der Waals surface area contributed by atoms with E-state index < -0.39 is 0 Å². The number of ether oxygens (including phenoxy) is 3. The van der Waals surface area contributed by atoms with Gasteiger partial charge in [-0.3, -0.25) is 4.79 Å². The third-order valence-corrected chi connectivity index (χ3v) is 3.89. The number of amides is 1. The Hall–Kier alpha value is -2.21. The maximum Gasteiger partial charge on any atom is 0.255 e. The van der Waals surface area contributed by atoms with Gasteiger partial charge < -0.3 is 19.5 Å². The number of benzene rings is 2. The van der Waals surface area contributed by atoms with Crippen LogP contribution in [0.15, 0.2) is 40.9 Å². The number of carbonyl (C=O) groups is 1. The van der Waals surface area contributed by atoms with Crippen LogP contribution in [0.3, 0.4) is 0 Å². The summed E-state index contributed by atoms with van der Waals surface area (Å²) >= 11 is 3.38. The van der Waals surface area contributed by atoms with Gasteiger partial charge in [0.2, 0.25) is 0 Å². The molecule has 0 aliphatic carbocycles. The Morgan fingerprint density at radius 1 is 1.13 bits per heavy atom. The van der Waals surface area contributed by atoms with Crippen molar-refractivity contribution in [3.63, 3.8) is 0 Å². The Kier molecular flexibility index (Phi) is 5.87. The Labute approximate surface area is 143 Å². The summed E-state index contributed by atoms with van der Waals surface area (Å²) in [7, 11) is 3.07. The summed E-state index contributed by atoms with van der Waals surface area (Å²) in [5.41, 5.74) is 1.09. The molecule has 0 heterocycles. The van der Waals surface area contributed by atoms with Crippen LogP contribution in [-0.4, -0.2) is 26.7 Å². The molecule has 0 fully saturated rings. The Balaban J connectivity index is 2.25. The molecule has 1 N–H and O–H groups in total. The molecule has 0 aliphatic heterocycles. The summed E-state index contributed by atoms with van der Waals surface area (Å²) in [6, 6.07) is 10.5. The van der Waals surface area contributed by atoms with Crippen LogP contribution < -0.4 is 19.5 Å². The van der Waals surface area contributed by atoms with Crippen molar-refractivity contribution in [2.24, 2.45) is 0 Å². The van der Waals surface area contributed by atoms with Crippen LogP contribution in [0.25, 0.3) is 0 Å². The fourth-order valence-corrected chi connectivity index (χ4v) is 2.59. The molecule has 0 radical (unpaired) electrons. The van der Waals surface area contributed by atoms with Gasteiger partial charge in [0.05, 0.1) is 20.8 Å². The summed E-state index contributed by atoms with van der Waals surface area (Å²) in [6.45, 7) is 2.48. The second-order valence-corrected chi connectivity index (χ2v) is 5.40. The first kappa shape index (κ1) is 17.1. The second-order valence-electron chi connectivity index (χ2n) is 4.61. The highest BCUT2D eigenvalue weighted by molar-refractivity contribution is 9.10. The molecule has 23 heavy (non-hydrogen) atoms. The first-order valence-corrected chi connectivity index (χ1v) is 7.84. The standard InChI is InChI=1S/C17H18BrNO4/c1-4-23-13-7-5-6-12(10-13)19-17(20)11-8-14(21-2)16(18)15(9-11)22-3/h5-10H,4H2,1-3H3,(H,19,20). The number of hydrogen-bond donors (Lipinski definition) is 1. The van der Waals surface area contributed by atoms with Crippen LogP contribution in [-0.2, 0) is 0 Å². The molecule has 0 aliphatic rings. The number of anilines is 1. The molecule has 0 saturated carbocycles. The summed E-state index contributed by atoms with van der Waals surface area (Å²) in [4.78, 5) is 12.5. The van der Waals surface area contributed by atoms with Crippen LogP contribution >= 0.6 is 15.9 Å². The molecule has 0 saturated heterocycles. The fourth-order valence-electron chi connectivity index (χ4n) is 2.03. The molecule has 2 aromatic carbocycles. The van der Waals surface area contributed by atoms with E-state index in [1.54, 1.807) is 24.3 Å². The molecule has 0 atom stereocenters. The van der Waals surface area contributed by atoms with Gasteiger partial charge in [-0.1, -0.05) is 6.07 Å². The van der Waals surface area contributed by atoms with Gasteiger partial charge in [0.15, 0.2) is 0 Å². The van der Waals surface area contributed by atoms with Gasteiger partial charge in [-0.2, -0.15) is 0 Å². The summed E-state index contributed by atoms with van der Waals surface area (Å²) in [5, 5.41) is 2.83. The predicted molar refractivity (Wildman–Crippen MR) is 92.8 cm³/mol. The molecule has 2 rings (SSSR count). The third kappa shape index (κ3) is 4.16. The van der Waals surface area contributed by atoms with E-state index >= 15 is 0 Å². The van der Waals surface area contributed by atoms with E-state index in [2.05, 4.69) is 21.2 Å². The number of carbonyl (C=O) groups excluding carboxylic acids is 1. The maximum absolute atomic E-state index is 12.5. The van der Waals surface area contributed by atoms with Gasteiger partial charge in [0.25, 0.3) is 5.91 Å². The molecular formula is C17H18BrNO4. The number of methoxy groups -OCH3 is 2. The largest absolute Gasteiger partial charge is 0.495 e. The molecule has 2 aromatic rings. The van der Waals surface area contributed by atoms with Gasteiger partial charge in [-0.15, -0.1) is 0 Å². The average Bonchev–Trinajstić information content (AvgIpc) is 2.55. The summed E-state index contributed by atoms with van der Waals surface area (Å²) in [6.07, 6.45) is 0. The number of nitrogens with one attached hydrogen (secondary N) is 1. The van der Waals surface area contributed by atoms with E-state index in [0.717, 1.165) is 0 Å². The highest BCUT2D eigenvalue weighted by atomic mass is 79.9. The normalized spacial score (nSPS) is 10.1. The van der Waals surface area contributed by atoms with E-state index in [1.165, 1.54) is 14.2 Å². The lowest BCUT2D eigenvalue weighted by Gasteiger charge is -2.12.